The van der Waals surface area contributed by atoms with E-state index < -0.39 is 6.09 Å². The largest absolute Gasteiger partial charge is 0.410 e. The summed E-state index contributed by atoms with van der Waals surface area (Å²) in [5.74, 6) is 0.140. The lowest BCUT2D eigenvalue weighted by Crippen LogP contribution is -2.29. The van der Waals surface area contributed by atoms with Gasteiger partial charge >= 0.3 is 6.09 Å². The molecule has 2 amide bonds. The molecular weight excluding hydrogens is 250 g/mol. The number of amides is 2. The van der Waals surface area contributed by atoms with Crippen molar-refractivity contribution in [2.45, 2.75) is 6.42 Å². The van der Waals surface area contributed by atoms with E-state index in [-0.39, 0.29) is 29.9 Å². The van der Waals surface area contributed by atoms with Crippen LogP contribution in [0.3, 0.4) is 0 Å². The van der Waals surface area contributed by atoms with Gasteiger partial charge in [-0.25, -0.2) is 9.78 Å². The maximum atomic E-state index is 12.1. The Bertz CT molecular complexity index is 474. The van der Waals surface area contributed by atoms with Gasteiger partial charge in [0.1, 0.15) is 5.69 Å². The van der Waals surface area contributed by atoms with E-state index in [1.807, 2.05) is 0 Å². The molecule has 1 aliphatic rings. The number of hydrogen-bond donors (Lipinski definition) is 2. The molecule has 1 aliphatic heterocycles. The van der Waals surface area contributed by atoms with Crippen LogP contribution >= 0.6 is 0 Å². The quantitative estimate of drug-likeness (QED) is 0.799. The van der Waals surface area contributed by atoms with Gasteiger partial charge in [0.15, 0.2) is 5.75 Å². The molecule has 0 aliphatic carbocycles. The lowest BCUT2D eigenvalue weighted by atomic mass is 10.1. The number of nitrogens with two attached hydrogens (primary N) is 1. The number of primary amides is 1. The number of carbonyl (C=O) groups is 2. The lowest BCUT2D eigenvalue weighted by molar-refractivity contribution is 0.0776. The molecule has 1 fully saturated rings. The van der Waals surface area contributed by atoms with Crippen LogP contribution in [0.4, 0.5) is 4.79 Å². The van der Waals surface area contributed by atoms with E-state index in [1.165, 1.54) is 18.3 Å². The number of likely N-dealkylation sites (tertiary alicyclic amines) is 1. The normalized spacial score (nSPS) is 18.4. The van der Waals surface area contributed by atoms with E-state index in [9.17, 15) is 9.59 Å². The molecule has 1 atom stereocenters. The van der Waals surface area contributed by atoms with Gasteiger partial charge in [0, 0.05) is 25.6 Å². The zero-order chi connectivity index (χ0) is 13.8. The lowest BCUT2D eigenvalue weighted by Gasteiger charge is -2.15. The fourth-order valence-corrected chi connectivity index (χ4v) is 2.01. The Kier molecular flexibility index (Phi) is 3.96. The molecule has 0 unspecified atom stereocenters. The summed E-state index contributed by atoms with van der Waals surface area (Å²) in [5, 5.41) is 9.04. The van der Waals surface area contributed by atoms with Gasteiger partial charge in [-0.3, -0.25) is 4.79 Å². The maximum absolute atomic E-state index is 12.1. The predicted molar refractivity (Wildman–Crippen MR) is 65.5 cm³/mol. The van der Waals surface area contributed by atoms with Crippen LogP contribution in [0.5, 0.6) is 5.75 Å². The van der Waals surface area contributed by atoms with Crippen molar-refractivity contribution in [1.82, 2.24) is 9.88 Å². The second kappa shape index (κ2) is 5.66. The number of nitrogens with zero attached hydrogens (tertiary/aromatic N) is 2. The zero-order valence-corrected chi connectivity index (χ0v) is 10.3. The topological polar surface area (TPSA) is 106 Å². The number of hydrogen-bond acceptors (Lipinski definition) is 5. The van der Waals surface area contributed by atoms with E-state index in [0.29, 0.717) is 13.1 Å². The van der Waals surface area contributed by atoms with Crippen LogP contribution < -0.4 is 10.5 Å². The van der Waals surface area contributed by atoms with Gasteiger partial charge in [-0.1, -0.05) is 0 Å². The van der Waals surface area contributed by atoms with Crippen LogP contribution in [0.15, 0.2) is 18.3 Å². The Morgan fingerprint density at radius 1 is 1.53 bits per heavy atom. The molecule has 0 radical (unpaired) electrons. The van der Waals surface area contributed by atoms with E-state index >= 15 is 0 Å². The minimum atomic E-state index is -0.925. The number of aliphatic hydroxyl groups is 1. The first-order valence-electron chi connectivity index (χ1n) is 5.93. The average Bonchev–Trinajstić information content (AvgIpc) is 2.87. The molecule has 102 valence electrons. The molecule has 0 aromatic carbocycles. The molecule has 2 rings (SSSR count). The third kappa shape index (κ3) is 3.19. The summed E-state index contributed by atoms with van der Waals surface area (Å²) >= 11 is 0. The van der Waals surface area contributed by atoms with Crippen LogP contribution in [0.1, 0.15) is 16.9 Å². The summed E-state index contributed by atoms with van der Waals surface area (Å²) in [7, 11) is 0. The number of aliphatic hydroxyl groups excluding tert-OH is 1. The third-order valence-corrected chi connectivity index (χ3v) is 3.01. The SMILES string of the molecule is NC(=O)Oc1ccc(C(=O)N2CC[C@H](CO)C2)nc1. The molecule has 7 nitrogen and oxygen atoms in total. The molecule has 0 saturated carbocycles. The molecular formula is C12H15N3O4. The van der Waals surface area contributed by atoms with Crippen LogP contribution in [0.25, 0.3) is 0 Å². The Morgan fingerprint density at radius 2 is 2.32 bits per heavy atom. The Balaban J connectivity index is 2.02. The highest BCUT2D eigenvalue weighted by atomic mass is 16.5. The molecule has 1 aromatic heterocycles. The first-order valence-corrected chi connectivity index (χ1v) is 5.93. The highest BCUT2D eigenvalue weighted by molar-refractivity contribution is 5.92. The number of pyridine rings is 1. The average molecular weight is 265 g/mol. The molecule has 0 spiro atoms. The van der Waals surface area contributed by atoms with Crippen molar-refractivity contribution in [3.63, 3.8) is 0 Å². The number of ether oxygens (including phenoxy) is 1. The van der Waals surface area contributed by atoms with Crippen molar-refractivity contribution in [3.8, 4) is 5.75 Å². The molecule has 0 bridgehead atoms. The van der Waals surface area contributed by atoms with Crippen LogP contribution in [-0.2, 0) is 0 Å². The Morgan fingerprint density at radius 3 is 2.84 bits per heavy atom. The van der Waals surface area contributed by atoms with Gasteiger partial charge in [0.2, 0.25) is 0 Å². The first kappa shape index (κ1) is 13.3. The van der Waals surface area contributed by atoms with Crippen LogP contribution in [0.2, 0.25) is 0 Å². The highest BCUT2D eigenvalue weighted by Gasteiger charge is 2.26. The van der Waals surface area contributed by atoms with Gasteiger partial charge < -0.3 is 20.5 Å². The monoisotopic (exact) mass is 265 g/mol. The van der Waals surface area contributed by atoms with E-state index in [0.717, 1.165) is 6.42 Å². The van der Waals surface area contributed by atoms with Crippen molar-refractivity contribution in [2.75, 3.05) is 19.7 Å². The predicted octanol–water partition coefficient (Wildman–Crippen LogP) is -0.00650. The maximum Gasteiger partial charge on any atom is 0.410 e. The number of carbonyl (C=O) groups excluding carboxylic acids is 2. The minimum Gasteiger partial charge on any atom is -0.409 e. The number of aromatic nitrogens is 1. The van der Waals surface area contributed by atoms with Crippen LogP contribution in [-0.4, -0.2) is 46.7 Å². The Hall–Kier alpha value is -2.15. The van der Waals surface area contributed by atoms with Gasteiger partial charge in [-0.2, -0.15) is 0 Å². The number of rotatable bonds is 3. The Labute approximate surface area is 110 Å². The second-order valence-corrected chi connectivity index (χ2v) is 4.39. The van der Waals surface area contributed by atoms with E-state index in [1.54, 1.807) is 4.90 Å². The standard InChI is InChI=1S/C12H15N3O4/c13-12(18)19-9-1-2-10(14-5-9)11(17)15-4-3-8(6-15)7-16/h1-2,5,8,16H,3-4,6-7H2,(H2,13,18)/t8-/m0/s1. The molecule has 2 heterocycles. The molecule has 3 N–H and O–H groups in total. The summed E-state index contributed by atoms with van der Waals surface area (Å²) in [6.45, 7) is 1.24. The minimum absolute atomic E-state index is 0.0859. The fourth-order valence-electron chi connectivity index (χ4n) is 2.01. The van der Waals surface area contributed by atoms with E-state index in [4.69, 9.17) is 10.8 Å². The van der Waals surface area contributed by atoms with Gasteiger partial charge in [0.05, 0.1) is 6.20 Å². The molecule has 7 heteroatoms. The van der Waals surface area contributed by atoms with Crippen molar-refractivity contribution in [1.29, 1.82) is 0 Å². The van der Waals surface area contributed by atoms with Gasteiger partial charge in [-0.05, 0) is 18.6 Å². The first-order chi connectivity index (χ1) is 9.10. The molecule has 1 saturated heterocycles. The summed E-state index contributed by atoms with van der Waals surface area (Å²) in [5.41, 5.74) is 5.14. The smallest absolute Gasteiger partial charge is 0.409 e. The van der Waals surface area contributed by atoms with Crippen molar-refractivity contribution >= 4 is 12.0 Å². The van der Waals surface area contributed by atoms with Gasteiger partial charge in [-0.15, -0.1) is 0 Å². The van der Waals surface area contributed by atoms with Crippen molar-refractivity contribution in [3.05, 3.63) is 24.0 Å². The summed E-state index contributed by atoms with van der Waals surface area (Å²) < 4.78 is 4.63. The molecule has 19 heavy (non-hydrogen) atoms. The molecule has 1 aromatic rings. The van der Waals surface area contributed by atoms with E-state index in [2.05, 4.69) is 9.72 Å². The summed E-state index contributed by atoms with van der Waals surface area (Å²) in [4.78, 5) is 28.2. The fraction of sp³-hybridized carbons (Fsp3) is 0.417. The van der Waals surface area contributed by atoms with Crippen LogP contribution in [0, 0.1) is 5.92 Å². The third-order valence-electron chi connectivity index (χ3n) is 3.01. The zero-order valence-electron chi connectivity index (χ0n) is 10.3. The summed E-state index contributed by atoms with van der Waals surface area (Å²) in [6, 6.07) is 2.94. The second-order valence-electron chi connectivity index (χ2n) is 4.39. The summed E-state index contributed by atoms with van der Waals surface area (Å²) in [6.07, 6.45) is 1.15. The highest BCUT2D eigenvalue weighted by Crippen LogP contribution is 2.18. The van der Waals surface area contributed by atoms with Crippen molar-refractivity contribution in [2.24, 2.45) is 11.7 Å². The van der Waals surface area contributed by atoms with Crippen molar-refractivity contribution < 1.29 is 19.4 Å². The van der Waals surface area contributed by atoms with Gasteiger partial charge in [0.25, 0.3) is 5.91 Å².